The van der Waals surface area contributed by atoms with Crippen LogP contribution in [0.4, 0.5) is 10.1 Å². The third-order valence-corrected chi connectivity index (χ3v) is 4.01. The van der Waals surface area contributed by atoms with Crippen molar-refractivity contribution in [3.05, 3.63) is 61.4 Å². The van der Waals surface area contributed by atoms with Gasteiger partial charge in [-0.3, -0.25) is 4.79 Å². The number of rotatable bonds is 4. The van der Waals surface area contributed by atoms with Crippen molar-refractivity contribution in [2.24, 2.45) is 0 Å². The summed E-state index contributed by atoms with van der Waals surface area (Å²) in [6.45, 7) is 0. The van der Waals surface area contributed by atoms with Gasteiger partial charge in [0.05, 0.1) is 17.8 Å². The molecule has 0 spiro atoms. The van der Waals surface area contributed by atoms with Crippen LogP contribution in [0.3, 0.4) is 0 Å². The van der Waals surface area contributed by atoms with Crippen molar-refractivity contribution in [1.82, 2.24) is 0 Å². The summed E-state index contributed by atoms with van der Waals surface area (Å²) in [6, 6.07) is 7.68. The maximum Gasteiger partial charge on any atom is 0.248 e. The normalized spacial score (nSPS) is 10.8. The molecule has 0 aliphatic heterocycles. The second kappa shape index (κ2) is 7.99. The fraction of sp³-hybridized carbons (Fsp3) is 0.0625. The summed E-state index contributed by atoms with van der Waals surface area (Å²) in [7, 11) is 1.47. The molecule has 3 nitrogen and oxygen atoms in total. The number of methoxy groups -OCH3 is 1. The second-order valence-corrected chi connectivity index (χ2v) is 6.55. The van der Waals surface area contributed by atoms with E-state index >= 15 is 0 Å². The zero-order chi connectivity index (χ0) is 17.0. The number of halogens is 4. The highest BCUT2D eigenvalue weighted by Gasteiger charge is 2.09. The number of nitrogens with one attached hydrogen (secondary N) is 1. The molecule has 0 saturated heterocycles. The highest BCUT2D eigenvalue weighted by Crippen LogP contribution is 2.33. The molecular weight excluding hydrogens is 455 g/mol. The molecule has 2 rings (SSSR count). The van der Waals surface area contributed by atoms with Crippen molar-refractivity contribution < 1.29 is 13.9 Å². The highest BCUT2D eigenvalue weighted by atomic mass is 127. The molecule has 0 saturated carbocycles. The van der Waals surface area contributed by atoms with E-state index < -0.39 is 11.7 Å². The zero-order valence-corrected chi connectivity index (χ0v) is 15.5. The molecule has 1 N–H and O–H groups in total. The monoisotopic (exact) mass is 465 g/mol. The molecular formula is C16H11Cl2FINO2. The largest absolute Gasteiger partial charge is 0.495 e. The Kier molecular flexibility index (Phi) is 6.26. The third kappa shape index (κ3) is 4.83. The Morgan fingerprint density at radius 2 is 2.04 bits per heavy atom. The quantitative estimate of drug-likeness (QED) is 0.485. The highest BCUT2D eigenvalue weighted by molar-refractivity contribution is 14.1. The maximum absolute atomic E-state index is 13.7. The van der Waals surface area contributed by atoms with Crippen LogP contribution in [0.15, 0.2) is 36.4 Å². The summed E-state index contributed by atoms with van der Waals surface area (Å²) in [6.07, 6.45) is 2.75. The van der Waals surface area contributed by atoms with E-state index in [9.17, 15) is 9.18 Å². The van der Waals surface area contributed by atoms with E-state index in [2.05, 4.69) is 5.32 Å². The van der Waals surface area contributed by atoms with E-state index in [4.69, 9.17) is 27.9 Å². The summed E-state index contributed by atoms with van der Waals surface area (Å²) in [5.41, 5.74) is 0.652. The van der Waals surface area contributed by atoms with Gasteiger partial charge >= 0.3 is 0 Å². The fourth-order valence-corrected chi connectivity index (χ4v) is 2.89. The van der Waals surface area contributed by atoms with Gasteiger partial charge in [0.15, 0.2) is 0 Å². The van der Waals surface area contributed by atoms with E-state index in [1.165, 1.54) is 31.4 Å². The van der Waals surface area contributed by atoms with Gasteiger partial charge in [-0.15, -0.1) is 0 Å². The molecule has 120 valence electrons. The topological polar surface area (TPSA) is 38.3 Å². The van der Waals surface area contributed by atoms with Crippen molar-refractivity contribution in [1.29, 1.82) is 0 Å². The van der Waals surface area contributed by atoms with Crippen LogP contribution < -0.4 is 10.1 Å². The van der Waals surface area contributed by atoms with Crippen molar-refractivity contribution in [2.75, 3.05) is 12.4 Å². The van der Waals surface area contributed by atoms with Gasteiger partial charge in [0.2, 0.25) is 5.91 Å². The molecule has 2 aromatic rings. The number of amides is 1. The van der Waals surface area contributed by atoms with Crippen molar-refractivity contribution >= 4 is 63.5 Å². The molecule has 0 bridgehead atoms. The summed E-state index contributed by atoms with van der Waals surface area (Å²) in [4.78, 5) is 11.9. The lowest BCUT2D eigenvalue weighted by Gasteiger charge is -2.08. The van der Waals surface area contributed by atoms with Crippen LogP contribution in [0.2, 0.25) is 10.0 Å². The van der Waals surface area contributed by atoms with Crippen LogP contribution in [0.5, 0.6) is 5.75 Å². The van der Waals surface area contributed by atoms with Crippen LogP contribution >= 0.6 is 45.8 Å². The Morgan fingerprint density at radius 3 is 2.70 bits per heavy atom. The zero-order valence-electron chi connectivity index (χ0n) is 11.9. The molecule has 0 heterocycles. The summed E-state index contributed by atoms with van der Waals surface area (Å²) < 4.78 is 19.6. The maximum atomic E-state index is 13.7. The van der Waals surface area contributed by atoms with E-state index in [0.29, 0.717) is 21.4 Å². The Hall–Kier alpha value is -1.31. The lowest BCUT2D eigenvalue weighted by atomic mass is 10.2. The molecule has 0 aliphatic carbocycles. The van der Waals surface area contributed by atoms with E-state index in [-0.39, 0.29) is 5.69 Å². The SMILES string of the molecule is COc1c(Cl)cc(Cl)cc1C=CC(=O)Nc1ccc(I)cc1F. The van der Waals surface area contributed by atoms with E-state index in [1.807, 2.05) is 22.6 Å². The standard InChI is InChI=1S/C16H11Cl2FINO2/c1-23-16-9(6-10(17)7-12(16)18)2-5-15(22)21-14-4-3-11(20)8-13(14)19/h2-8H,1H3,(H,21,22). The second-order valence-electron chi connectivity index (χ2n) is 4.46. The van der Waals surface area contributed by atoms with Crippen molar-refractivity contribution in [3.8, 4) is 5.75 Å². The number of carbonyl (C=O) groups is 1. The molecule has 0 unspecified atom stereocenters. The fourth-order valence-electron chi connectivity index (χ4n) is 1.85. The van der Waals surface area contributed by atoms with Crippen LogP contribution in [0.25, 0.3) is 6.08 Å². The Labute approximate surface area is 156 Å². The smallest absolute Gasteiger partial charge is 0.248 e. The minimum Gasteiger partial charge on any atom is -0.495 e. The predicted octanol–water partition coefficient (Wildman–Crippen LogP) is 5.40. The molecule has 0 aliphatic rings. The molecule has 0 atom stereocenters. The molecule has 2 aromatic carbocycles. The van der Waals surface area contributed by atoms with Gasteiger partial charge in [0, 0.05) is 20.2 Å². The van der Waals surface area contributed by atoms with Crippen molar-refractivity contribution in [2.45, 2.75) is 0 Å². The molecule has 0 fully saturated rings. The minimum absolute atomic E-state index is 0.108. The lowest BCUT2D eigenvalue weighted by Crippen LogP contribution is -2.09. The average Bonchev–Trinajstić information content (AvgIpc) is 2.47. The van der Waals surface area contributed by atoms with Crippen LogP contribution in [0.1, 0.15) is 5.56 Å². The van der Waals surface area contributed by atoms with Gasteiger partial charge in [0.1, 0.15) is 11.6 Å². The van der Waals surface area contributed by atoms with Gasteiger partial charge < -0.3 is 10.1 Å². The average molecular weight is 466 g/mol. The summed E-state index contributed by atoms with van der Waals surface area (Å²) in [5.74, 6) is -0.578. The molecule has 0 aromatic heterocycles. The van der Waals surface area contributed by atoms with Crippen LogP contribution in [0, 0.1) is 9.39 Å². The Bertz CT molecular complexity index is 781. The molecule has 7 heteroatoms. The van der Waals surface area contributed by atoms with Gasteiger partial charge in [0.25, 0.3) is 0 Å². The first-order chi connectivity index (χ1) is 10.9. The molecule has 1 amide bonds. The minimum atomic E-state index is -0.498. The predicted molar refractivity (Wildman–Crippen MR) is 99.8 cm³/mol. The lowest BCUT2D eigenvalue weighted by molar-refractivity contribution is -0.111. The number of carbonyl (C=O) groups excluding carboxylic acids is 1. The number of hydrogen-bond donors (Lipinski definition) is 1. The summed E-state index contributed by atoms with van der Waals surface area (Å²) in [5, 5.41) is 3.22. The van der Waals surface area contributed by atoms with Gasteiger partial charge in [-0.25, -0.2) is 4.39 Å². The number of benzene rings is 2. The first-order valence-corrected chi connectivity index (χ1v) is 8.21. The Morgan fingerprint density at radius 1 is 1.30 bits per heavy atom. The van der Waals surface area contributed by atoms with E-state index in [0.717, 1.165) is 3.57 Å². The van der Waals surface area contributed by atoms with Gasteiger partial charge in [-0.05, 0) is 59.0 Å². The van der Waals surface area contributed by atoms with Gasteiger partial charge in [-0.1, -0.05) is 23.2 Å². The van der Waals surface area contributed by atoms with Crippen LogP contribution in [-0.2, 0) is 4.79 Å². The van der Waals surface area contributed by atoms with Gasteiger partial charge in [-0.2, -0.15) is 0 Å². The third-order valence-electron chi connectivity index (χ3n) is 2.84. The number of anilines is 1. The van der Waals surface area contributed by atoms with Crippen LogP contribution in [-0.4, -0.2) is 13.0 Å². The van der Waals surface area contributed by atoms with Crippen molar-refractivity contribution in [3.63, 3.8) is 0 Å². The first-order valence-electron chi connectivity index (χ1n) is 6.38. The molecule has 0 radical (unpaired) electrons. The van der Waals surface area contributed by atoms with E-state index in [1.54, 1.807) is 18.2 Å². The Balaban J connectivity index is 2.18. The summed E-state index contributed by atoms with van der Waals surface area (Å²) >= 11 is 13.9. The number of hydrogen-bond acceptors (Lipinski definition) is 2. The number of ether oxygens (including phenoxy) is 1. The molecule has 23 heavy (non-hydrogen) atoms. The first kappa shape index (κ1) is 18.0.